The summed E-state index contributed by atoms with van der Waals surface area (Å²) in [6, 6.07) is 7.65. The third-order valence-electron chi connectivity index (χ3n) is 5.65. The predicted octanol–water partition coefficient (Wildman–Crippen LogP) is 2.26. The smallest absolute Gasteiger partial charge is 0.248 e. The number of hydrogen-bond acceptors (Lipinski definition) is 4. The first kappa shape index (κ1) is 19.7. The summed E-state index contributed by atoms with van der Waals surface area (Å²) in [5, 5.41) is 0. The van der Waals surface area contributed by atoms with Gasteiger partial charge in [0.2, 0.25) is 11.8 Å². The van der Waals surface area contributed by atoms with E-state index in [4.69, 9.17) is 9.47 Å². The molecule has 0 aromatic heterocycles. The highest BCUT2D eigenvalue weighted by Crippen LogP contribution is 2.38. The Morgan fingerprint density at radius 2 is 1.85 bits per heavy atom. The highest BCUT2D eigenvalue weighted by atomic mass is 16.5. The molecule has 3 rings (SSSR count). The molecule has 148 valence electrons. The molecule has 1 spiro atoms. The van der Waals surface area contributed by atoms with Crippen LogP contribution in [0.5, 0.6) is 5.75 Å². The van der Waals surface area contributed by atoms with Gasteiger partial charge in [-0.15, -0.1) is 0 Å². The van der Waals surface area contributed by atoms with Gasteiger partial charge in [0.15, 0.2) is 0 Å². The van der Waals surface area contributed by atoms with E-state index in [-0.39, 0.29) is 11.8 Å². The zero-order chi connectivity index (χ0) is 19.3. The summed E-state index contributed by atoms with van der Waals surface area (Å²) in [5.41, 5.74) is 0.305. The third kappa shape index (κ3) is 4.10. The molecule has 2 heterocycles. The standard InChI is InChI=1S/C21H30N2O4/c1-3-27-18-8-6-17(7-9-18)16-19(24)23-13-5-11-21(23)10-4-12-22(20(21)25)14-15-26-2/h6-9H,3-5,10-16H2,1-2H3. The molecule has 2 aliphatic rings. The molecule has 2 aliphatic heterocycles. The van der Waals surface area contributed by atoms with E-state index in [1.807, 2.05) is 41.0 Å². The van der Waals surface area contributed by atoms with E-state index in [1.54, 1.807) is 7.11 Å². The summed E-state index contributed by atoms with van der Waals surface area (Å²) in [5.74, 6) is 0.949. The van der Waals surface area contributed by atoms with Gasteiger partial charge in [-0.3, -0.25) is 9.59 Å². The van der Waals surface area contributed by atoms with E-state index >= 15 is 0 Å². The van der Waals surface area contributed by atoms with Gasteiger partial charge in [0.05, 0.1) is 19.6 Å². The highest BCUT2D eigenvalue weighted by Gasteiger charge is 2.52. The lowest BCUT2D eigenvalue weighted by molar-refractivity contribution is -0.155. The Hall–Kier alpha value is -2.08. The van der Waals surface area contributed by atoms with E-state index in [0.29, 0.717) is 32.7 Å². The van der Waals surface area contributed by atoms with Crippen LogP contribution in [0.4, 0.5) is 0 Å². The second-order valence-electron chi connectivity index (χ2n) is 7.32. The number of methoxy groups -OCH3 is 1. The number of amides is 2. The first-order valence-corrected chi connectivity index (χ1v) is 9.91. The summed E-state index contributed by atoms with van der Waals surface area (Å²) in [7, 11) is 1.65. The molecule has 0 bridgehead atoms. The van der Waals surface area contributed by atoms with Gasteiger partial charge in [0.1, 0.15) is 11.3 Å². The Kier molecular flexibility index (Phi) is 6.37. The van der Waals surface area contributed by atoms with Crippen LogP contribution in [0.25, 0.3) is 0 Å². The lowest BCUT2D eigenvalue weighted by Gasteiger charge is -2.44. The van der Waals surface area contributed by atoms with E-state index in [2.05, 4.69) is 0 Å². The summed E-state index contributed by atoms with van der Waals surface area (Å²) >= 11 is 0. The molecule has 2 amide bonds. The Labute approximate surface area is 161 Å². The minimum absolute atomic E-state index is 0.0404. The second-order valence-corrected chi connectivity index (χ2v) is 7.32. The highest BCUT2D eigenvalue weighted by molar-refractivity contribution is 5.93. The Morgan fingerprint density at radius 3 is 2.52 bits per heavy atom. The number of hydrogen-bond donors (Lipinski definition) is 0. The zero-order valence-electron chi connectivity index (χ0n) is 16.4. The molecule has 2 fully saturated rings. The Bertz CT molecular complexity index is 661. The lowest BCUT2D eigenvalue weighted by Crippen LogP contribution is -2.61. The van der Waals surface area contributed by atoms with Crippen LogP contribution in [0.3, 0.4) is 0 Å². The van der Waals surface area contributed by atoms with Crippen molar-refractivity contribution in [1.29, 1.82) is 0 Å². The molecule has 0 aliphatic carbocycles. The van der Waals surface area contributed by atoms with Crippen LogP contribution in [0.1, 0.15) is 38.2 Å². The fourth-order valence-corrected chi connectivity index (χ4v) is 4.34. The molecule has 0 saturated carbocycles. The summed E-state index contributed by atoms with van der Waals surface area (Å²) in [4.78, 5) is 30.0. The van der Waals surface area contributed by atoms with Gasteiger partial charge in [-0.1, -0.05) is 12.1 Å². The third-order valence-corrected chi connectivity index (χ3v) is 5.65. The van der Waals surface area contributed by atoms with E-state index in [9.17, 15) is 9.59 Å². The van der Waals surface area contributed by atoms with Gasteiger partial charge in [-0.05, 0) is 50.3 Å². The van der Waals surface area contributed by atoms with Gasteiger partial charge in [-0.2, -0.15) is 0 Å². The first-order chi connectivity index (χ1) is 13.1. The van der Waals surface area contributed by atoms with Crippen LogP contribution in [0.2, 0.25) is 0 Å². The molecule has 27 heavy (non-hydrogen) atoms. The van der Waals surface area contributed by atoms with Crippen molar-refractivity contribution in [3.05, 3.63) is 29.8 Å². The number of likely N-dealkylation sites (tertiary alicyclic amines) is 2. The monoisotopic (exact) mass is 374 g/mol. The number of carbonyl (C=O) groups is 2. The average Bonchev–Trinajstić information content (AvgIpc) is 3.09. The minimum atomic E-state index is -0.645. The van der Waals surface area contributed by atoms with Crippen molar-refractivity contribution >= 4 is 11.8 Å². The van der Waals surface area contributed by atoms with Crippen LogP contribution in [0, 0.1) is 0 Å². The van der Waals surface area contributed by atoms with Crippen molar-refractivity contribution < 1.29 is 19.1 Å². The summed E-state index contributed by atoms with van der Waals surface area (Å²) < 4.78 is 10.6. The van der Waals surface area contributed by atoms with Crippen LogP contribution in [-0.2, 0) is 20.7 Å². The van der Waals surface area contributed by atoms with Crippen molar-refractivity contribution in [2.75, 3.05) is 40.0 Å². The number of carbonyl (C=O) groups excluding carboxylic acids is 2. The molecule has 0 N–H and O–H groups in total. The topological polar surface area (TPSA) is 59.1 Å². The minimum Gasteiger partial charge on any atom is -0.494 e. The number of rotatable bonds is 7. The SMILES string of the molecule is CCOc1ccc(CC(=O)N2CCCC23CCCN(CCOC)C3=O)cc1. The molecule has 6 heteroatoms. The molecular formula is C21H30N2O4. The van der Waals surface area contributed by atoms with Crippen LogP contribution in [0.15, 0.2) is 24.3 Å². The number of nitrogens with zero attached hydrogens (tertiary/aromatic N) is 2. The summed E-state index contributed by atoms with van der Waals surface area (Å²) in [6.45, 7) is 5.11. The summed E-state index contributed by atoms with van der Waals surface area (Å²) in [6.07, 6.45) is 3.68. The maximum Gasteiger partial charge on any atom is 0.248 e. The molecular weight excluding hydrogens is 344 g/mol. The van der Waals surface area contributed by atoms with Crippen LogP contribution in [-0.4, -0.2) is 67.1 Å². The van der Waals surface area contributed by atoms with E-state index in [1.165, 1.54) is 0 Å². The quantitative estimate of drug-likeness (QED) is 0.735. The fourth-order valence-electron chi connectivity index (χ4n) is 4.34. The molecule has 1 unspecified atom stereocenters. The zero-order valence-corrected chi connectivity index (χ0v) is 16.4. The maximum atomic E-state index is 13.2. The van der Waals surface area contributed by atoms with Gasteiger partial charge in [0.25, 0.3) is 0 Å². The number of piperidine rings is 1. The molecule has 1 atom stereocenters. The fraction of sp³-hybridized carbons (Fsp3) is 0.619. The molecule has 0 radical (unpaired) electrons. The van der Waals surface area contributed by atoms with Crippen molar-refractivity contribution in [1.82, 2.24) is 9.80 Å². The Morgan fingerprint density at radius 1 is 1.15 bits per heavy atom. The van der Waals surface area contributed by atoms with Gasteiger partial charge >= 0.3 is 0 Å². The first-order valence-electron chi connectivity index (χ1n) is 9.91. The largest absolute Gasteiger partial charge is 0.494 e. The maximum absolute atomic E-state index is 13.2. The molecule has 6 nitrogen and oxygen atoms in total. The molecule has 1 aromatic rings. The number of ether oxygens (including phenoxy) is 2. The van der Waals surface area contributed by atoms with Crippen molar-refractivity contribution in [2.24, 2.45) is 0 Å². The average molecular weight is 374 g/mol. The van der Waals surface area contributed by atoms with Gasteiger partial charge < -0.3 is 19.3 Å². The van der Waals surface area contributed by atoms with E-state index < -0.39 is 5.54 Å². The van der Waals surface area contributed by atoms with E-state index in [0.717, 1.165) is 43.5 Å². The molecule has 1 aromatic carbocycles. The number of benzene rings is 1. The van der Waals surface area contributed by atoms with Gasteiger partial charge in [0, 0.05) is 26.7 Å². The van der Waals surface area contributed by atoms with Crippen LogP contribution >= 0.6 is 0 Å². The normalized spacial score (nSPS) is 22.5. The van der Waals surface area contributed by atoms with Crippen molar-refractivity contribution in [3.8, 4) is 5.75 Å². The van der Waals surface area contributed by atoms with Crippen molar-refractivity contribution in [2.45, 2.75) is 44.6 Å². The Balaban J connectivity index is 1.70. The second kappa shape index (κ2) is 8.74. The molecule has 2 saturated heterocycles. The predicted molar refractivity (Wildman–Crippen MR) is 103 cm³/mol. The van der Waals surface area contributed by atoms with Crippen molar-refractivity contribution in [3.63, 3.8) is 0 Å². The van der Waals surface area contributed by atoms with Gasteiger partial charge in [-0.25, -0.2) is 0 Å². The lowest BCUT2D eigenvalue weighted by atomic mass is 9.85. The van der Waals surface area contributed by atoms with Crippen LogP contribution < -0.4 is 4.74 Å².